The van der Waals surface area contributed by atoms with Gasteiger partial charge in [-0.05, 0) is 205 Å². The zero-order chi connectivity index (χ0) is 38.1. The second-order valence-electron chi connectivity index (χ2n) is 21.5. The topological polar surface area (TPSA) is 81.0 Å². The lowest BCUT2D eigenvalue weighted by Crippen LogP contribution is -2.67. The SMILES string of the molecule is C[C@@H]1CC[C@H]2N(C1)C[C@H]1[C@H]3[C@@H]4C=CC[C@@]56C[C@]7(CC[C@@H](CCc8ccc9cc%10cccc(CC=O)c%10cc9c8)C7)[C@H](O)C[C@H]5[C@@H](O)C[C@H]([C@H]3CC[C@H]1[C@]2(C)O)[C@H]46. The van der Waals surface area contributed by atoms with Gasteiger partial charge in [-0.1, -0.05) is 55.5 Å². The number of aliphatic hydroxyl groups excluding tert-OH is 2. The first-order valence-electron chi connectivity index (χ1n) is 23.0. The summed E-state index contributed by atoms with van der Waals surface area (Å²) in [5.41, 5.74) is 1.88. The fourth-order valence-electron chi connectivity index (χ4n) is 16.9. The first kappa shape index (κ1) is 36.5. The van der Waals surface area contributed by atoms with Crippen LogP contribution in [0.15, 0.2) is 60.7 Å². The Bertz CT molecular complexity index is 2060. The maximum absolute atomic E-state index is 12.4. The molecule has 0 radical (unpaired) electrons. The summed E-state index contributed by atoms with van der Waals surface area (Å²) in [5, 5.41) is 41.6. The number of aldehydes is 1. The number of hydrogen-bond acceptors (Lipinski definition) is 5. The van der Waals surface area contributed by atoms with Crippen LogP contribution < -0.4 is 0 Å². The number of carbonyl (C=O) groups excluding carboxylic acids is 1. The van der Waals surface area contributed by atoms with Crippen molar-refractivity contribution >= 4 is 27.8 Å². The molecule has 0 amide bonds. The third-order valence-electron chi connectivity index (χ3n) is 19.0. The van der Waals surface area contributed by atoms with Crippen LogP contribution >= 0.6 is 0 Å². The van der Waals surface area contributed by atoms with Gasteiger partial charge in [0, 0.05) is 25.6 Å². The number of allylic oxidation sites excluding steroid dienone is 2. The van der Waals surface area contributed by atoms with Crippen molar-refractivity contribution < 1.29 is 20.1 Å². The first-order chi connectivity index (χ1) is 27.1. The van der Waals surface area contributed by atoms with E-state index in [1.54, 1.807) is 0 Å². The smallest absolute Gasteiger partial charge is 0.124 e. The molecule has 0 bridgehead atoms. The number of hydrogen-bond donors (Lipinski definition) is 3. The van der Waals surface area contributed by atoms with Crippen molar-refractivity contribution in [3.05, 3.63) is 71.8 Å². The average molecular weight is 756 g/mol. The molecular formula is C51H65NO4. The highest BCUT2D eigenvalue weighted by molar-refractivity contribution is 6.00. The normalized spacial score (nSPS) is 46.6. The van der Waals surface area contributed by atoms with E-state index in [9.17, 15) is 20.1 Å². The Morgan fingerprint density at radius 1 is 0.893 bits per heavy atom. The molecule has 56 heavy (non-hydrogen) atoms. The van der Waals surface area contributed by atoms with E-state index in [1.165, 1.54) is 46.4 Å². The Morgan fingerprint density at radius 2 is 1.79 bits per heavy atom. The highest BCUT2D eigenvalue weighted by Gasteiger charge is 2.71. The van der Waals surface area contributed by atoms with Crippen molar-refractivity contribution in [2.24, 2.45) is 70.0 Å². The standard InChI is InChI=1S/C51H65NO4/c1-30-8-15-45-49(2,56)42-14-13-37-40-24-44(54)43-25-46(55)50(29-51(43)18-4-7-38(48(40)51)47(37)41(42)28-52(45)27-30)19-16-32(26-50)10-9-31-11-12-34-22-35-6-3-5-33(17-20-53)39(35)23-36(34)21-31/h3-7,11-12,20-23,30,32,37-38,40-48,54-56H,8-10,13-19,24-29H2,1-2H3/t30-,32-,37-,38+,40-,41-,42-,43+,44+,45-,46-,47-,48+,49+,50-,51-/m1/s1. The van der Waals surface area contributed by atoms with E-state index in [1.807, 2.05) is 0 Å². The summed E-state index contributed by atoms with van der Waals surface area (Å²) in [6.07, 6.45) is 20.2. The van der Waals surface area contributed by atoms with Crippen LogP contribution in [-0.2, 0) is 17.6 Å². The number of nitrogens with zero attached hydrogens (tertiary/aromatic N) is 1. The van der Waals surface area contributed by atoms with Crippen LogP contribution in [0.5, 0.6) is 0 Å². The molecule has 0 aromatic heterocycles. The number of fused-ring (bicyclic) bond motifs is 8. The van der Waals surface area contributed by atoms with Crippen LogP contribution in [-0.4, -0.2) is 63.4 Å². The van der Waals surface area contributed by atoms with Gasteiger partial charge in [0.05, 0.1) is 17.8 Å². The molecule has 6 aliphatic carbocycles. The maximum atomic E-state index is 12.4. The Labute approximate surface area is 334 Å². The first-order valence-corrected chi connectivity index (χ1v) is 23.0. The molecule has 2 heterocycles. The van der Waals surface area contributed by atoms with Crippen molar-refractivity contribution in [3.63, 3.8) is 0 Å². The molecule has 298 valence electrons. The quantitative estimate of drug-likeness (QED) is 0.138. The molecule has 3 aromatic rings. The van der Waals surface area contributed by atoms with Gasteiger partial charge in [-0.25, -0.2) is 0 Å². The molecule has 7 fully saturated rings. The summed E-state index contributed by atoms with van der Waals surface area (Å²) in [4.78, 5) is 14.1. The Hall–Kier alpha value is -2.57. The van der Waals surface area contributed by atoms with Crippen LogP contribution in [0.2, 0.25) is 0 Å². The summed E-state index contributed by atoms with van der Waals surface area (Å²) >= 11 is 0. The predicted molar refractivity (Wildman–Crippen MR) is 223 cm³/mol. The van der Waals surface area contributed by atoms with Crippen molar-refractivity contribution in [2.45, 2.75) is 128 Å². The van der Waals surface area contributed by atoms with E-state index in [0.29, 0.717) is 65.7 Å². The third-order valence-corrected chi connectivity index (χ3v) is 19.0. The van der Waals surface area contributed by atoms with Gasteiger partial charge in [0.2, 0.25) is 0 Å². The summed E-state index contributed by atoms with van der Waals surface area (Å²) in [6, 6.07) is 18.1. The van der Waals surface area contributed by atoms with Gasteiger partial charge in [-0.15, -0.1) is 0 Å². The molecule has 3 N–H and O–H groups in total. The molecule has 5 heteroatoms. The monoisotopic (exact) mass is 755 g/mol. The van der Waals surface area contributed by atoms with Crippen LogP contribution in [0.4, 0.5) is 0 Å². The van der Waals surface area contributed by atoms with Gasteiger partial charge < -0.3 is 20.1 Å². The van der Waals surface area contributed by atoms with Gasteiger partial charge in [-0.3, -0.25) is 4.90 Å². The molecule has 8 aliphatic rings. The fraction of sp³-hybridized carbons (Fsp3) is 0.667. The number of piperidine rings is 2. The minimum atomic E-state index is -0.625. The molecule has 2 saturated heterocycles. The second kappa shape index (κ2) is 13.2. The van der Waals surface area contributed by atoms with E-state index in [-0.39, 0.29) is 29.0 Å². The average Bonchev–Trinajstić information content (AvgIpc) is 3.74. The Balaban J connectivity index is 0.848. The predicted octanol–water partition coefficient (Wildman–Crippen LogP) is 8.92. The molecule has 5 nitrogen and oxygen atoms in total. The highest BCUT2D eigenvalue weighted by Crippen LogP contribution is 2.74. The Morgan fingerprint density at radius 3 is 2.66 bits per heavy atom. The summed E-state index contributed by atoms with van der Waals surface area (Å²) in [7, 11) is 0. The van der Waals surface area contributed by atoms with Gasteiger partial charge in [0.1, 0.15) is 6.29 Å². The second-order valence-corrected chi connectivity index (χ2v) is 21.5. The lowest BCUT2D eigenvalue weighted by Gasteiger charge is -2.63. The molecular weight excluding hydrogens is 691 g/mol. The number of aliphatic hydroxyl groups is 3. The van der Waals surface area contributed by atoms with Gasteiger partial charge >= 0.3 is 0 Å². The van der Waals surface area contributed by atoms with E-state index in [4.69, 9.17) is 0 Å². The van der Waals surface area contributed by atoms with Crippen molar-refractivity contribution in [2.75, 3.05) is 13.1 Å². The van der Waals surface area contributed by atoms with E-state index in [0.717, 1.165) is 89.1 Å². The summed E-state index contributed by atoms with van der Waals surface area (Å²) < 4.78 is 0. The highest BCUT2D eigenvalue weighted by atomic mass is 16.3. The molecule has 2 aliphatic heterocycles. The number of rotatable bonds is 5. The van der Waals surface area contributed by atoms with Crippen LogP contribution in [0.3, 0.4) is 0 Å². The number of carbonyl (C=O) groups is 1. The Kier molecular flexibility index (Phi) is 8.62. The molecule has 5 saturated carbocycles. The van der Waals surface area contributed by atoms with Gasteiger partial charge in [-0.2, -0.15) is 0 Å². The van der Waals surface area contributed by atoms with E-state index >= 15 is 0 Å². The minimum Gasteiger partial charge on any atom is -0.393 e. The maximum Gasteiger partial charge on any atom is 0.124 e. The molecule has 16 atom stereocenters. The van der Waals surface area contributed by atoms with Crippen LogP contribution in [0.1, 0.15) is 102 Å². The minimum absolute atomic E-state index is 0.0439. The van der Waals surface area contributed by atoms with Gasteiger partial charge in [0.15, 0.2) is 0 Å². The summed E-state index contributed by atoms with van der Waals surface area (Å²) in [5.74, 6) is 5.36. The van der Waals surface area contributed by atoms with Gasteiger partial charge in [0.25, 0.3) is 0 Å². The number of aryl methyl sites for hydroxylation is 1. The molecule has 3 aromatic carbocycles. The van der Waals surface area contributed by atoms with Crippen molar-refractivity contribution in [1.29, 1.82) is 0 Å². The van der Waals surface area contributed by atoms with Crippen LogP contribution in [0, 0.1) is 70.0 Å². The van der Waals surface area contributed by atoms with E-state index in [2.05, 4.69) is 79.4 Å². The lowest BCUT2D eigenvalue weighted by molar-refractivity contribution is -0.189. The molecule has 11 rings (SSSR count). The zero-order valence-corrected chi connectivity index (χ0v) is 33.9. The molecule has 2 spiro atoms. The van der Waals surface area contributed by atoms with Crippen LogP contribution in [0.25, 0.3) is 21.5 Å². The lowest BCUT2D eigenvalue weighted by atomic mass is 9.42. The van der Waals surface area contributed by atoms with E-state index < -0.39 is 5.60 Å². The largest absolute Gasteiger partial charge is 0.393 e. The van der Waals surface area contributed by atoms with Crippen molar-refractivity contribution in [3.8, 4) is 0 Å². The zero-order valence-electron chi connectivity index (χ0n) is 33.9. The fourth-order valence-corrected chi connectivity index (χ4v) is 16.9. The molecule has 0 unspecified atom stereocenters. The third kappa shape index (κ3) is 5.35. The number of benzene rings is 3. The van der Waals surface area contributed by atoms with Crippen molar-refractivity contribution in [1.82, 2.24) is 4.90 Å². The summed E-state index contributed by atoms with van der Waals surface area (Å²) in [6.45, 7) is 6.88.